The number of rotatable bonds is 9. The Morgan fingerprint density at radius 3 is 2.41 bits per heavy atom. The van der Waals surface area contributed by atoms with Crippen LogP contribution in [0.25, 0.3) is 0 Å². The van der Waals surface area contributed by atoms with E-state index < -0.39 is 67.6 Å². The largest absolute Gasteiger partial charge is 0.467 e. The van der Waals surface area contributed by atoms with Gasteiger partial charge in [0.25, 0.3) is 0 Å². The molecule has 2 amide bonds. The van der Waals surface area contributed by atoms with Crippen LogP contribution in [0.15, 0.2) is 60.7 Å². The number of fused-ring (bicyclic) bond motifs is 1. The molecule has 12 heteroatoms. The average Bonchev–Trinajstić information content (AvgIpc) is 2.96. The lowest BCUT2D eigenvalue weighted by Gasteiger charge is -2.47. The minimum absolute atomic E-state index is 0.00298. The summed E-state index contributed by atoms with van der Waals surface area (Å²) in [6.45, 7) is 0.969. The van der Waals surface area contributed by atoms with Crippen molar-refractivity contribution < 1.29 is 47.9 Å². The molecule has 12 nitrogen and oxygen atoms in total. The molecule has 2 heterocycles. The summed E-state index contributed by atoms with van der Waals surface area (Å²) in [4.78, 5) is 36.6. The number of methoxy groups -OCH3 is 1. The number of benzene rings is 2. The van der Waals surface area contributed by atoms with Gasteiger partial charge < -0.3 is 44.2 Å². The Balaban J connectivity index is 1.39. The molecule has 210 valence electrons. The summed E-state index contributed by atoms with van der Waals surface area (Å²) in [5.74, 6) is -1.22. The Bertz CT molecular complexity index is 1100. The van der Waals surface area contributed by atoms with E-state index in [1.807, 2.05) is 36.4 Å². The van der Waals surface area contributed by atoms with Gasteiger partial charge in [-0.25, -0.2) is 9.59 Å². The highest BCUT2D eigenvalue weighted by Gasteiger charge is 2.50. The zero-order valence-corrected chi connectivity index (χ0v) is 21.6. The molecular weight excluding hydrogens is 512 g/mol. The van der Waals surface area contributed by atoms with Crippen molar-refractivity contribution in [2.24, 2.45) is 0 Å². The van der Waals surface area contributed by atoms with E-state index in [1.54, 1.807) is 24.3 Å². The van der Waals surface area contributed by atoms with E-state index in [-0.39, 0.29) is 13.2 Å². The Kier molecular flexibility index (Phi) is 9.85. The number of nitrogens with one attached hydrogen (secondary N) is 2. The highest BCUT2D eigenvalue weighted by atomic mass is 16.7. The molecule has 0 aromatic heterocycles. The topological polar surface area (TPSA) is 151 Å². The van der Waals surface area contributed by atoms with Crippen LogP contribution in [0.1, 0.15) is 24.3 Å². The minimum atomic E-state index is -1.25. The maximum absolute atomic E-state index is 12.3. The number of amides is 2. The first-order chi connectivity index (χ1) is 18.9. The SMILES string of the molecule is COC(=O)C(COC1OC2COC(c3ccccc3)OC2C(O)C1NC(C)=O)NC(=O)OCc1ccccc1. The number of alkyl carbamates (subject to hydrolysis) is 1. The van der Waals surface area contributed by atoms with Gasteiger partial charge in [-0.1, -0.05) is 60.7 Å². The van der Waals surface area contributed by atoms with Crippen LogP contribution in [-0.2, 0) is 44.6 Å². The standard InChI is InChI=1S/C27H32N2O10/c1-16(30)28-21-22(31)23-20(15-36-25(39-23)18-11-7-4-8-12-18)38-26(21)35-14-19(24(32)34-2)29-27(33)37-13-17-9-5-3-6-10-17/h3-12,19-23,25-26,31H,13-15H2,1-2H3,(H,28,30)(H,29,33). The smallest absolute Gasteiger partial charge is 0.408 e. The molecule has 2 aliphatic heterocycles. The van der Waals surface area contributed by atoms with Crippen LogP contribution >= 0.6 is 0 Å². The second kappa shape index (κ2) is 13.5. The van der Waals surface area contributed by atoms with Crippen LogP contribution in [0.4, 0.5) is 4.79 Å². The molecule has 3 N–H and O–H groups in total. The predicted molar refractivity (Wildman–Crippen MR) is 134 cm³/mol. The molecule has 2 saturated heterocycles. The maximum atomic E-state index is 12.3. The summed E-state index contributed by atoms with van der Waals surface area (Å²) < 4.78 is 33.5. The molecule has 4 rings (SSSR count). The van der Waals surface area contributed by atoms with Gasteiger partial charge in [0.2, 0.25) is 5.91 Å². The highest BCUT2D eigenvalue weighted by molar-refractivity contribution is 5.81. The molecule has 0 bridgehead atoms. The van der Waals surface area contributed by atoms with Crippen molar-refractivity contribution >= 4 is 18.0 Å². The predicted octanol–water partition coefficient (Wildman–Crippen LogP) is 1.18. The van der Waals surface area contributed by atoms with Crippen LogP contribution in [0.5, 0.6) is 0 Å². The van der Waals surface area contributed by atoms with E-state index in [2.05, 4.69) is 10.6 Å². The fourth-order valence-electron chi connectivity index (χ4n) is 4.31. The molecule has 0 radical (unpaired) electrons. The second-order valence-corrected chi connectivity index (χ2v) is 9.05. The first-order valence-electron chi connectivity index (χ1n) is 12.4. The van der Waals surface area contributed by atoms with Crippen molar-refractivity contribution in [2.45, 2.75) is 56.5 Å². The molecule has 2 aliphatic rings. The molecule has 7 atom stereocenters. The zero-order chi connectivity index (χ0) is 27.8. The van der Waals surface area contributed by atoms with Crippen molar-refractivity contribution in [2.75, 3.05) is 20.3 Å². The van der Waals surface area contributed by atoms with E-state index in [0.717, 1.165) is 18.2 Å². The second-order valence-electron chi connectivity index (χ2n) is 9.05. The third kappa shape index (κ3) is 7.52. The third-order valence-corrected chi connectivity index (χ3v) is 6.23. The van der Waals surface area contributed by atoms with Crippen molar-refractivity contribution in [1.82, 2.24) is 10.6 Å². The summed E-state index contributed by atoms with van der Waals surface area (Å²) >= 11 is 0. The monoisotopic (exact) mass is 544 g/mol. The lowest BCUT2D eigenvalue weighted by molar-refractivity contribution is -0.344. The summed E-state index contributed by atoms with van der Waals surface area (Å²) in [6, 6.07) is 15.9. The van der Waals surface area contributed by atoms with Crippen molar-refractivity contribution in [3.8, 4) is 0 Å². The average molecular weight is 545 g/mol. The van der Waals surface area contributed by atoms with Gasteiger partial charge in [0, 0.05) is 12.5 Å². The number of aliphatic hydroxyl groups is 1. The van der Waals surface area contributed by atoms with Gasteiger partial charge in [0.15, 0.2) is 18.6 Å². The Labute approximate surface area is 225 Å². The van der Waals surface area contributed by atoms with Crippen molar-refractivity contribution in [1.29, 1.82) is 0 Å². The van der Waals surface area contributed by atoms with E-state index in [1.165, 1.54) is 6.92 Å². The lowest BCUT2D eigenvalue weighted by atomic mass is 9.95. The van der Waals surface area contributed by atoms with Crippen molar-refractivity contribution in [3.63, 3.8) is 0 Å². The van der Waals surface area contributed by atoms with Gasteiger partial charge >= 0.3 is 12.1 Å². The van der Waals surface area contributed by atoms with Gasteiger partial charge in [-0.15, -0.1) is 0 Å². The van der Waals surface area contributed by atoms with E-state index >= 15 is 0 Å². The van der Waals surface area contributed by atoms with Crippen LogP contribution in [0.2, 0.25) is 0 Å². The quantitative estimate of drug-likeness (QED) is 0.393. The summed E-state index contributed by atoms with van der Waals surface area (Å²) in [5.41, 5.74) is 1.53. The van der Waals surface area contributed by atoms with E-state index in [0.29, 0.717) is 0 Å². The minimum Gasteiger partial charge on any atom is -0.467 e. The maximum Gasteiger partial charge on any atom is 0.408 e. The number of ether oxygens (including phenoxy) is 6. The molecule has 7 unspecified atom stereocenters. The number of esters is 1. The molecule has 0 aliphatic carbocycles. The fraction of sp³-hybridized carbons (Fsp3) is 0.444. The van der Waals surface area contributed by atoms with E-state index in [9.17, 15) is 19.5 Å². The van der Waals surface area contributed by atoms with Gasteiger partial charge in [0.05, 0.1) is 20.3 Å². The molecular formula is C27H32N2O10. The highest BCUT2D eigenvalue weighted by Crippen LogP contribution is 2.34. The Morgan fingerprint density at radius 1 is 1.05 bits per heavy atom. The lowest BCUT2D eigenvalue weighted by Crippen LogP contribution is -2.67. The van der Waals surface area contributed by atoms with Crippen LogP contribution in [0, 0.1) is 0 Å². The number of carbonyl (C=O) groups is 3. The third-order valence-electron chi connectivity index (χ3n) is 6.23. The molecule has 2 aromatic carbocycles. The normalized spacial score (nSPS) is 26.9. The van der Waals surface area contributed by atoms with Gasteiger partial charge in [-0.2, -0.15) is 0 Å². The summed E-state index contributed by atoms with van der Waals surface area (Å²) in [5, 5.41) is 16.2. The zero-order valence-electron chi connectivity index (χ0n) is 21.6. The van der Waals surface area contributed by atoms with Gasteiger partial charge in [0.1, 0.15) is 31.0 Å². The van der Waals surface area contributed by atoms with Crippen molar-refractivity contribution in [3.05, 3.63) is 71.8 Å². The number of aliphatic hydroxyl groups excluding tert-OH is 1. The van der Waals surface area contributed by atoms with Crippen LogP contribution < -0.4 is 10.6 Å². The molecule has 39 heavy (non-hydrogen) atoms. The van der Waals surface area contributed by atoms with Gasteiger partial charge in [-0.3, -0.25) is 4.79 Å². The van der Waals surface area contributed by atoms with Crippen LogP contribution in [-0.4, -0.2) is 80.1 Å². The molecule has 2 fully saturated rings. The molecule has 0 spiro atoms. The van der Waals surface area contributed by atoms with Crippen LogP contribution in [0.3, 0.4) is 0 Å². The summed E-state index contributed by atoms with van der Waals surface area (Å²) in [7, 11) is 1.16. The number of hydrogen-bond acceptors (Lipinski definition) is 10. The first kappa shape index (κ1) is 28.5. The van der Waals surface area contributed by atoms with E-state index in [4.69, 9.17) is 28.4 Å². The fourth-order valence-corrected chi connectivity index (χ4v) is 4.31. The molecule has 0 saturated carbocycles. The Hall–Kier alpha value is -3.55. The number of carbonyl (C=O) groups excluding carboxylic acids is 3. The van der Waals surface area contributed by atoms with Gasteiger partial charge in [-0.05, 0) is 5.56 Å². The molecule has 2 aromatic rings. The first-order valence-corrected chi connectivity index (χ1v) is 12.4. The Morgan fingerprint density at radius 2 is 1.74 bits per heavy atom. The number of hydrogen-bond donors (Lipinski definition) is 3. The summed E-state index contributed by atoms with van der Waals surface area (Å²) in [6.07, 6.45) is -5.57.